The summed E-state index contributed by atoms with van der Waals surface area (Å²) >= 11 is 0. The van der Waals surface area contributed by atoms with Crippen molar-refractivity contribution < 1.29 is 47.0 Å². The number of ether oxygens (including phenoxy) is 1. The van der Waals surface area contributed by atoms with Gasteiger partial charge in [-0.05, 0) is 12.1 Å². The average molecular weight is 231 g/mol. The minimum absolute atomic E-state index is 0. The number of rotatable bonds is 3. The normalized spacial score (nSPS) is 8.91. The summed E-state index contributed by atoms with van der Waals surface area (Å²) in [6.07, 6.45) is 2.71. The minimum atomic E-state index is 0. The first kappa shape index (κ1) is 11.1. The molecule has 0 saturated heterocycles. The molecule has 0 spiro atoms. The van der Waals surface area contributed by atoms with Gasteiger partial charge >= 0.3 is 0 Å². The van der Waals surface area contributed by atoms with Crippen LogP contribution >= 0.6 is 0 Å². The van der Waals surface area contributed by atoms with Crippen LogP contribution in [0.15, 0.2) is 4.42 Å². The van der Waals surface area contributed by atoms with Gasteiger partial charge < -0.3 is 19.2 Å². The summed E-state index contributed by atoms with van der Waals surface area (Å²) in [6, 6.07) is 0. The van der Waals surface area contributed by atoms with Gasteiger partial charge in [0.2, 0.25) is 0 Å². The molecule has 1 heterocycles. The fourth-order valence-electron chi connectivity index (χ4n) is 0.647. The molecular formula is C6H8NO3Y-. The molecule has 0 fully saturated rings. The average Bonchev–Trinajstić information content (AvgIpc) is 2.36. The molecule has 5 heteroatoms. The first-order chi connectivity index (χ1) is 4.88. The Morgan fingerprint density at radius 1 is 1.73 bits per heavy atom. The van der Waals surface area contributed by atoms with Gasteiger partial charge in [0.1, 0.15) is 12.3 Å². The molecule has 0 bridgehead atoms. The van der Waals surface area contributed by atoms with Crippen molar-refractivity contribution in [3.63, 3.8) is 0 Å². The quantitative estimate of drug-likeness (QED) is 0.745. The van der Waals surface area contributed by atoms with E-state index in [0.717, 1.165) is 0 Å². The number of hydrogen-bond acceptors (Lipinski definition) is 4. The number of nitrogens with zero attached hydrogens (tertiary/aromatic N) is 1. The van der Waals surface area contributed by atoms with E-state index < -0.39 is 0 Å². The topological polar surface area (TPSA) is 55.5 Å². The summed E-state index contributed by atoms with van der Waals surface area (Å²) in [6.45, 7) is 0.0384. The van der Waals surface area contributed by atoms with Crippen LogP contribution in [0.4, 0.5) is 0 Å². The maximum atomic E-state index is 8.51. The molecule has 0 aromatic carbocycles. The Labute approximate surface area is 89.8 Å². The zero-order chi connectivity index (χ0) is 7.40. The van der Waals surface area contributed by atoms with E-state index >= 15 is 0 Å². The van der Waals surface area contributed by atoms with Crippen molar-refractivity contribution in [2.45, 2.75) is 6.42 Å². The van der Waals surface area contributed by atoms with Crippen molar-refractivity contribution in [2.75, 3.05) is 13.7 Å². The zero-order valence-corrected chi connectivity index (χ0v) is 9.04. The monoisotopic (exact) mass is 231 g/mol. The van der Waals surface area contributed by atoms with E-state index in [4.69, 9.17) is 14.3 Å². The van der Waals surface area contributed by atoms with Gasteiger partial charge in [0.25, 0.3) is 0 Å². The molecule has 0 atom stereocenters. The standard InChI is InChI=1S/C6H8NO3.Y/c1-9-6-5(2-3-8)7-4-10-6;/h8H,2-3H2,1H3;/q-1;. The molecule has 11 heavy (non-hydrogen) atoms. The molecule has 59 valence electrons. The van der Waals surface area contributed by atoms with E-state index in [0.29, 0.717) is 18.1 Å². The Morgan fingerprint density at radius 3 is 3.00 bits per heavy atom. The van der Waals surface area contributed by atoms with Gasteiger partial charge in [-0.2, -0.15) is 0 Å². The van der Waals surface area contributed by atoms with Crippen LogP contribution in [0.3, 0.4) is 0 Å². The molecule has 0 saturated carbocycles. The Morgan fingerprint density at radius 2 is 2.45 bits per heavy atom. The third-order valence-corrected chi connectivity index (χ3v) is 1.09. The maximum Gasteiger partial charge on any atom is 0.140 e. The predicted molar refractivity (Wildman–Crippen MR) is 32.7 cm³/mol. The molecule has 4 nitrogen and oxygen atoms in total. The molecule has 0 aliphatic rings. The van der Waals surface area contributed by atoms with Crippen molar-refractivity contribution >= 4 is 0 Å². The summed E-state index contributed by atoms with van der Waals surface area (Å²) in [5.41, 5.74) is 0.602. The van der Waals surface area contributed by atoms with E-state index in [1.165, 1.54) is 7.11 Å². The van der Waals surface area contributed by atoms with E-state index in [9.17, 15) is 0 Å². The summed E-state index contributed by atoms with van der Waals surface area (Å²) < 4.78 is 9.46. The van der Waals surface area contributed by atoms with Crippen molar-refractivity contribution in [2.24, 2.45) is 0 Å². The molecule has 1 radical (unpaired) electrons. The smallest absolute Gasteiger partial charge is 0.140 e. The SMILES string of the molecule is COc1o[c-]nc1CCO.[Y]. The molecule has 0 aliphatic heterocycles. The van der Waals surface area contributed by atoms with Crippen LogP contribution in [0.1, 0.15) is 5.69 Å². The van der Waals surface area contributed by atoms with Crippen LogP contribution in [-0.2, 0) is 39.1 Å². The predicted octanol–water partition coefficient (Wildman–Crippen LogP) is 0.0157. The summed E-state index contributed by atoms with van der Waals surface area (Å²) in [7, 11) is 1.48. The number of oxazole rings is 1. The van der Waals surface area contributed by atoms with Crippen LogP contribution in [0.2, 0.25) is 0 Å². The van der Waals surface area contributed by atoms with Gasteiger partial charge in [-0.1, -0.05) is 0 Å². The van der Waals surface area contributed by atoms with Crippen LogP contribution in [-0.4, -0.2) is 23.8 Å². The van der Waals surface area contributed by atoms with Crippen LogP contribution in [0, 0.1) is 6.39 Å². The van der Waals surface area contributed by atoms with Crippen molar-refractivity contribution in [3.05, 3.63) is 12.1 Å². The van der Waals surface area contributed by atoms with Gasteiger partial charge in [0, 0.05) is 39.3 Å². The zero-order valence-electron chi connectivity index (χ0n) is 6.20. The molecule has 0 aliphatic carbocycles. The minimum Gasteiger partial charge on any atom is -0.545 e. The summed E-state index contributed by atoms with van der Waals surface area (Å²) in [5, 5.41) is 8.51. The van der Waals surface area contributed by atoms with Gasteiger partial charge in [0.05, 0.1) is 7.11 Å². The second-order valence-corrected chi connectivity index (χ2v) is 1.72. The van der Waals surface area contributed by atoms with Crippen LogP contribution in [0.5, 0.6) is 5.95 Å². The van der Waals surface area contributed by atoms with Crippen molar-refractivity contribution in [1.82, 2.24) is 4.98 Å². The molecular weight excluding hydrogens is 223 g/mol. The largest absolute Gasteiger partial charge is 0.545 e. The Bertz CT molecular complexity index is 201. The molecule has 0 unspecified atom stereocenters. The second kappa shape index (κ2) is 5.69. The number of hydrogen-bond donors (Lipinski definition) is 1. The molecule has 0 amide bonds. The summed E-state index contributed by atoms with van der Waals surface area (Å²) in [4.78, 5) is 3.70. The fourth-order valence-corrected chi connectivity index (χ4v) is 0.647. The second-order valence-electron chi connectivity index (χ2n) is 1.72. The molecule has 1 N–H and O–H groups in total. The maximum absolute atomic E-state index is 8.51. The molecule has 1 aromatic heterocycles. The van der Waals surface area contributed by atoms with Crippen LogP contribution < -0.4 is 4.74 Å². The summed E-state index contributed by atoms with van der Waals surface area (Å²) in [5.74, 6) is 0.328. The Hall–Kier alpha value is 0.0739. The molecule has 1 rings (SSSR count). The van der Waals surface area contributed by atoms with E-state index in [1.54, 1.807) is 0 Å². The number of methoxy groups -OCH3 is 1. The Kier molecular flexibility index (Phi) is 5.73. The van der Waals surface area contributed by atoms with E-state index in [2.05, 4.69) is 11.4 Å². The third-order valence-electron chi connectivity index (χ3n) is 1.09. The fraction of sp³-hybridized carbons (Fsp3) is 0.500. The van der Waals surface area contributed by atoms with Crippen LogP contribution in [0.25, 0.3) is 0 Å². The van der Waals surface area contributed by atoms with Gasteiger partial charge in [0.15, 0.2) is 0 Å². The number of aliphatic hydroxyl groups is 1. The third kappa shape index (κ3) is 2.89. The van der Waals surface area contributed by atoms with Gasteiger partial charge in [-0.15, -0.1) is 0 Å². The first-order valence-electron chi connectivity index (χ1n) is 2.89. The van der Waals surface area contributed by atoms with E-state index in [1.807, 2.05) is 0 Å². The van der Waals surface area contributed by atoms with Crippen molar-refractivity contribution in [3.8, 4) is 5.95 Å². The Balaban J connectivity index is 0.000001000. The molecule has 1 aromatic rings. The number of aromatic nitrogens is 1. The van der Waals surface area contributed by atoms with E-state index in [-0.39, 0.29) is 39.3 Å². The first-order valence-corrected chi connectivity index (χ1v) is 2.89. The number of aliphatic hydroxyl groups excluding tert-OH is 1. The van der Waals surface area contributed by atoms with Crippen molar-refractivity contribution in [1.29, 1.82) is 0 Å². The van der Waals surface area contributed by atoms with Gasteiger partial charge in [-0.3, -0.25) is 0 Å². The van der Waals surface area contributed by atoms with Gasteiger partial charge in [-0.25, -0.2) is 0 Å².